The molecule has 0 bridgehead atoms. The van der Waals surface area contributed by atoms with Crippen LogP contribution >= 0.6 is 0 Å². The summed E-state index contributed by atoms with van der Waals surface area (Å²) >= 11 is 0. The van der Waals surface area contributed by atoms with E-state index in [1.165, 1.54) is 0 Å². The van der Waals surface area contributed by atoms with Crippen LogP contribution in [-0.4, -0.2) is 30.9 Å². The van der Waals surface area contributed by atoms with Gasteiger partial charge < -0.3 is 9.13 Å². The largest absolute Gasteiger partial charge is 0.318 e. The van der Waals surface area contributed by atoms with Crippen LogP contribution in [0.4, 0.5) is 0 Å². The molecule has 2 heterocycles. The molecule has 28 heavy (non-hydrogen) atoms. The molecule has 2 N–H and O–H groups in total. The Morgan fingerprint density at radius 3 is 1.57 bits per heavy atom. The molecule has 2 atom stereocenters. The van der Waals surface area contributed by atoms with E-state index in [2.05, 4.69) is 20.8 Å². The van der Waals surface area contributed by atoms with Gasteiger partial charge in [0.1, 0.15) is 12.1 Å². The lowest BCUT2D eigenvalue weighted by molar-refractivity contribution is -0.131. The summed E-state index contributed by atoms with van der Waals surface area (Å²) in [7, 11) is 0. The van der Waals surface area contributed by atoms with Gasteiger partial charge >= 0.3 is 0 Å². The summed E-state index contributed by atoms with van der Waals surface area (Å²) in [5.74, 6) is -0.668. The number of nitrogens with one attached hydrogen (secondary N) is 2. The Kier molecular flexibility index (Phi) is 4.52. The Balaban J connectivity index is 1.43. The number of hydrazine groups is 1. The summed E-state index contributed by atoms with van der Waals surface area (Å²) in [6, 6.07) is 14.1. The number of aromatic nitrogens is 4. The van der Waals surface area contributed by atoms with Crippen molar-refractivity contribution >= 4 is 33.9 Å². The zero-order valence-electron chi connectivity index (χ0n) is 15.5. The van der Waals surface area contributed by atoms with Gasteiger partial charge in [0.25, 0.3) is 11.8 Å². The number of nitrogens with zero attached hydrogens (tertiary/aromatic N) is 4. The van der Waals surface area contributed by atoms with Gasteiger partial charge in [-0.05, 0) is 38.1 Å². The molecular weight excluding hydrogens is 356 g/mol. The summed E-state index contributed by atoms with van der Waals surface area (Å²) in [4.78, 5) is 33.6. The van der Waals surface area contributed by atoms with Crippen molar-refractivity contribution in [2.45, 2.75) is 25.9 Å². The average Bonchev–Trinajstić information content (AvgIpc) is 3.35. The van der Waals surface area contributed by atoms with E-state index >= 15 is 0 Å². The fourth-order valence-corrected chi connectivity index (χ4v) is 3.16. The van der Waals surface area contributed by atoms with Gasteiger partial charge in [0.05, 0.1) is 34.7 Å². The molecule has 8 nitrogen and oxygen atoms in total. The lowest BCUT2D eigenvalue weighted by atomic mass is 10.2. The van der Waals surface area contributed by atoms with E-state index in [1.54, 1.807) is 35.6 Å². The van der Waals surface area contributed by atoms with E-state index in [9.17, 15) is 9.59 Å². The van der Waals surface area contributed by atoms with Crippen LogP contribution in [0.2, 0.25) is 0 Å². The van der Waals surface area contributed by atoms with Crippen molar-refractivity contribution in [3.05, 3.63) is 61.2 Å². The normalized spacial score (nSPS) is 13.4. The van der Waals surface area contributed by atoms with E-state index < -0.39 is 12.1 Å². The van der Waals surface area contributed by atoms with Gasteiger partial charge in [-0.3, -0.25) is 20.4 Å². The molecule has 0 fully saturated rings. The Morgan fingerprint density at radius 1 is 0.750 bits per heavy atom. The van der Waals surface area contributed by atoms with Crippen molar-refractivity contribution in [3.8, 4) is 0 Å². The first-order valence-electron chi connectivity index (χ1n) is 8.99. The second kappa shape index (κ2) is 7.15. The third-order valence-corrected chi connectivity index (χ3v) is 4.86. The molecule has 0 saturated heterocycles. The number of carbonyl (C=O) groups excluding carboxylic acids is 2. The molecule has 0 aliphatic heterocycles. The van der Waals surface area contributed by atoms with Crippen molar-refractivity contribution < 1.29 is 9.59 Å². The Hall–Kier alpha value is -3.68. The van der Waals surface area contributed by atoms with Crippen molar-refractivity contribution in [2.75, 3.05) is 0 Å². The molecule has 0 aliphatic rings. The maximum atomic E-state index is 12.5. The number of fused-ring (bicyclic) bond motifs is 2. The van der Waals surface area contributed by atoms with E-state index in [1.807, 2.05) is 48.5 Å². The first-order valence-corrected chi connectivity index (χ1v) is 8.99. The van der Waals surface area contributed by atoms with Gasteiger partial charge in [-0.15, -0.1) is 0 Å². The van der Waals surface area contributed by atoms with Gasteiger partial charge in [-0.1, -0.05) is 24.3 Å². The number of hydrogen-bond donors (Lipinski definition) is 2. The first kappa shape index (κ1) is 17.7. The highest BCUT2D eigenvalue weighted by Gasteiger charge is 2.21. The molecule has 8 heteroatoms. The first-order chi connectivity index (χ1) is 13.6. The summed E-state index contributed by atoms with van der Waals surface area (Å²) in [5.41, 5.74) is 8.35. The summed E-state index contributed by atoms with van der Waals surface area (Å²) < 4.78 is 3.53. The lowest BCUT2D eigenvalue weighted by Crippen LogP contribution is -2.46. The van der Waals surface area contributed by atoms with Gasteiger partial charge in [0, 0.05) is 0 Å². The zero-order valence-corrected chi connectivity index (χ0v) is 15.5. The molecule has 2 aromatic heterocycles. The minimum absolute atomic E-state index is 0.334. The summed E-state index contributed by atoms with van der Waals surface area (Å²) in [5, 5.41) is 0. The van der Waals surface area contributed by atoms with Gasteiger partial charge in [-0.25, -0.2) is 9.97 Å². The molecular formula is C20H20N6O2. The lowest BCUT2D eigenvalue weighted by Gasteiger charge is -2.18. The van der Waals surface area contributed by atoms with Crippen molar-refractivity contribution in [2.24, 2.45) is 0 Å². The molecule has 0 saturated carbocycles. The molecule has 2 amide bonds. The minimum Gasteiger partial charge on any atom is -0.318 e. The predicted octanol–water partition coefficient (Wildman–Crippen LogP) is 2.36. The van der Waals surface area contributed by atoms with Crippen molar-refractivity contribution in [3.63, 3.8) is 0 Å². The maximum absolute atomic E-state index is 12.5. The average molecular weight is 376 g/mol. The Labute approximate surface area is 161 Å². The number of imidazole rings is 2. The van der Waals surface area contributed by atoms with E-state index in [-0.39, 0.29) is 11.8 Å². The van der Waals surface area contributed by atoms with Crippen molar-refractivity contribution in [1.29, 1.82) is 0 Å². The number of amides is 2. The number of para-hydroxylation sites is 4. The summed E-state index contributed by atoms with van der Waals surface area (Å²) in [6.45, 7) is 3.50. The standard InChI is InChI=1S/C20H20N6O2/c1-13(25-11-21-15-7-3-5-9-17(15)25)19(27)23-24-20(28)14(2)26-12-22-16-8-4-6-10-18(16)26/h3-14H,1-2H3,(H,23,27)(H,24,28). The van der Waals surface area contributed by atoms with Crippen LogP contribution in [0.5, 0.6) is 0 Å². The fourth-order valence-electron chi connectivity index (χ4n) is 3.16. The van der Waals surface area contributed by atoms with Crippen LogP contribution < -0.4 is 10.9 Å². The molecule has 2 unspecified atom stereocenters. The highest BCUT2D eigenvalue weighted by Crippen LogP contribution is 2.18. The number of benzene rings is 2. The molecule has 0 aliphatic carbocycles. The van der Waals surface area contributed by atoms with E-state index in [0.29, 0.717) is 0 Å². The number of carbonyl (C=O) groups is 2. The van der Waals surface area contributed by atoms with Crippen LogP contribution in [0, 0.1) is 0 Å². The Morgan fingerprint density at radius 2 is 1.14 bits per heavy atom. The Bertz CT molecular complexity index is 1070. The highest BCUT2D eigenvalue weighted by atomic mass is 16.2. The molecule has 142 valence electrons. The third-order valence-electron chi connectivity index (χ3n) is 4.86. The quantitative estimate of drug-likeness (QED) is 0.535. The maximum Gasteiger partial charge on any atom is 0.261 e. The predicted molar refractivity (Wildman–Crippen MR) is 105 cm³/mol. The molecule has 0 radical (unpaired) electrons. The van der Waals surface area contributed by atoms with Crippen molar-refractivity contribution in [1.82, 2.24) is 30.0 Å². The van der Waals surface area contributed by atoms with Crippen LogP contribution in [-0.2, 0) is 9.59 Å². The van der Waals surface area contributed by atoms with E-state index in [4.69, 9.17) is 0 Å². The SMILES string of the molecule is CC(C(=O)NNC(=O)C(C)n1cnc2ccccc21)n1cnc2ccccc21. The fraction of sp³-hybridized carbons (Fsp3) is 0.200. The molecule has 4 rings (SSSR count). The second-order valence-corrected chi connectivity index (χ2v) is 6.61. The smallest absolute Gasteiger partial charge is 0.261 e. The van der Waals surface area contributed by atoms with Gasteiger partial charge in [0.15, 0.2) is 0 Å². The second-order valence-electron chi connectivity index (χ2n) is 6.61. The van der Waals surface area contributed by atoms with Gasteiger partial charge in [-0.2, -0.15) is 0 Å². The van der Waals surface area contributed by atoms with Crippen LogP contribution in [0.3, 0.4) is 0 Å². The van der Waals surface area contributed by atoms with E-state index in [0.717, 1.165) is 22.1 Å². The van der Waals surface area contributed by atoms with Crippen LogP contribution in [0.25, 0.3) is 22.1 Å². The topological polar surface area (TPSA) is 93.8 Å². The molecule has 2 aromatic carbocycles. The zero-order chi connectivity index (χ0) is 19.7. The number of rotatable bonds is 4. The highest BCUT2D eigenvalue weighted by molar-refractivity contribution is 5.88. The summed E-state index contributed by atoms with van der Waals surface area (Å²) in [6.07, 6.45) is 3.24. The third kappa shape index (κ3) is 3.09. The minimum atomic E-state index is -0.530. The van der Waals surface area contributed by atoms with Crippen LogP contribution in [0.15, 0.2) is 61.2 Å². The monoisotopic (exact) mass is 376 g/mol. The molecule has 0 spiro atoms. The van der Waals surface area contributed by atoms with Crippen LogP contribution in [0.1, 0.15) is 25.9 Å². The number of hydrogen-bond acceptors (Lipinski definition) is 4. The molecule has 4 aromatic rings. The van der Waals surface area contributed by atoms with Gasteiger partial charge in [0.2, 0.25) is 0 Å².